The Bertz CT molecular complexity index is 601. The molecule has 5 N–H and O–H groups in total. The van der Waals surface area contributed by atoms with E-state index in [2.05, 4.69) is 33.5 Å². The number of rotatable bonds is 9. The molecule has 1 fully saturated rings. The normalized spacial score (nSPS) is 16.4. The van der Waals surface area contributed by atoms with Gasteiger partial charge >= 0.3 is 0 Å². The fraction of sp³-hybridized carbons (Fsp3) is 0.650. The fourth-order valence-electron chi connectivity index (χ4n) is 3.66. The monoisotopic (exact) mass is 425 g/mol. The van der Waals surface area contributed by atoms with Crippen molar-refractivity contribution in [1.29, 1.82) is 0 Å². The molecule has 0 radical (unpaired) electrons. The number of nitrogens with one attached hydrogen (secondary N) is 2. The second kappa shape index (κ2) is 10.3. The molecule has 0 aromatic heterocycles. The van der Waals surface area contributed by atoms with E-state index in [-0.39, 0.29) is 18.1 Å². The van der Waals surface area contributed by atoms with E-state index in [0.29, 0.717) is 30.8 Å². The SMILES string of the molecule is CCC1(NCc2cc(C(=O)NCCCCO)cc(Br)c2N)CCCCC1. The molecule has 0 spiro atoms. The summed E-state index contributed by atoms with van der Waals surface area (Å²) in [6.07, 6.45) is 8.85. The van der Waals surface area contributed by atoms with Crippen LogP contribution < -0.4 is 16.4 Å². The first-order chi connectivity index (χ1) is 12.5. The number of unbranched alkanes of at least 4 members (excludes halogenated alkanes) is 1. The van der Waals surface area contributed by atoms with Gasteiger partial charge in [-0.1, -0.05) is 26.2 Å². The number of hydrogen-bond acceptors (Lipinski definition) is 4. The zero-order chi connectivity index (χ0) is 19.0. The Kier molecular flexibility index (Phi) is 8.38. The van der Waals surface area contributed by atoms with Crippen molar-refractivity contribution in [3.05, 3.63) is 27.7 Å². The van der Waals surface area contributed by atoms with Gasteiger partial charge in [-0.3, -0.25) is 4.79 Å². The van der Waals surface area contributed by atoms with Crippen LogP contribution in [-0.4, -0.2) is 29.7 Å². The van der Waals surface area contributed by atoms with Crippen LogP contribution in [0.15, 0.2) is 16.6 Å². The van der Waals surface area contributed by atoms with Gasteiger partial charge in [0.15, 0.2) is 0 Å². The van der Waals surface area contributed by atoms with E-state index in [1.807, 2.05) is 6.07 Å². The van der Waals surface area contributed by atoms with Gasteiger partial charge < -0.3 is 21.5 Å². The van der Waals surface area contributed by atoms with E-state index in [9.17, 15) is 4.79 Å². The zero-order valence-corrected chi connectivity index (χ0v) is 17.3. The van der Waals surface area contributed by atoms with Crippen molar-refractivity contribution < 1.29 is 9.90 Å². The fourth-order valence-corrected chi connectivity index (χ4v) is 4.16. The highest BCUT2D eigenvalue weighted by Crippen LogP contribution is 2.32. The van der Waals surface area contributed by atoms with E-state index in [0.717, 1.165) is 22.9 Å². The number of carbonyl (C=O) groups excluding carboxylic acids is 1. The molecular formula is C20H32BrN3O2. The maximum Gasteiger partial charge on any atom is 0.251 e. The number of hydrogen-bond donors (Lipinski definition) is 4. The van der Waals surface area contributed by atoms with Gasteiger partial charge in [0, 0.05) is 35.3 Å². The molecule has 6 heteroatoms. The van der Waals surface area contributed by atoms with Crippen LogP contribution in [0.4, 0.5) is 5.69 Å². The maximum absolute atomic E-state index is 12.4. The van der Waals surface area contributed by atoms with Gasteiger partial charge in [-0.15, -0.1) is 0 Å². The Morgan fingerprint density at radius 2 is 2.00 bits per heavy atom. The topological polar surface area (TPSA) is 87.4 Å². The lowest BCUT2D eigenvalue weighted by Gasteiger charge is -2.38. The summed E-state index contributed by atoms with van der Waals surface area (Å²) < 4.78 is 0.756. The highest BCUT2D eigenvalue weighted by Gasteiger charge is 2.29. The molecule has 1 aliphatic carbocycles. The third-order valence-corrected chi connectivity index (χ3v) is 6.15. The summed E-state index contributed by atoms with van der Waals surface area (Å²) in [6.45, 7) is 3.63. The summed E-state index contributed by atoms with van der Waals surface area (Å²) >= 11 is 3.49. The molecule has 0 aliphatic heterocycles. The lowest BCUT2D eigenvalue weighted by molar-refractivity contribution is 0.0952. The van der Waals surface area contributed by atoms with Crippen LogP contribution in [0.3, 0.4) is 0 Å². The summed E-state index contributed by atoms with van der Waals surface area (Å²) in [5.74, 6) is -0.104. The number of amides is 1. The number of nitrogens with two attached hydrogens (primary N) is 1. The smallest absolute Gasteiger partial charge is 0.251 e. The molecule has 146 valence electrons. The number of carbonyl (C=O) groups is 1. The van der Waals surface area contributed by atoms with E-state index in [1.54, 1.807) is 6.07 Å². The molecule has 0 atom stereocenters. The predicted octanol–water partition coefficient (Wildman–Crippen LogP) is 3.74. The molecule has 1 aromatic carbocycles. The minimum absolute atomic E-state index is 0.104. The molecule has 0 bridgehead atoms. The van der Waals surface area contributed by atoms with E-state index in [4.69, 9.17) is 10.8 Å². The summed E-state index contributed by atoms with van der Waals surface area (Å²) in [7, 11) is 0. The molecule has 0 unspecified atom stereocenters. The molecule has 2 rings (SSSR count). The Labute approximate surface area is 165 Å². The summed E-state index contributed by atoms with van der Waals surface area (Å²) in [5.41, 5.74) is 8.70. The molecule has 26 heavy (non-hydrogen) atoms. The summed E-state index contributed by atoms with van der Waals surface area (Å²) in [6, 6.07) is 3.66. The quantitative estimate of drug-likeness (QED) is 0.358. The molecule has 1 amide bonds. The lowest BCUT2D eigenvalue weighted by Crippen LogP contribution is -2.45. The van der Waals surface area contributed by atoms with Crippen LogP contribution in [0.1, 0.15) is 74.2 Å². The molecule has 0 heterocycles. The number of benzene rings is 1. The third-order valence-electron chi connectivity index (χ3n) is 5.49. The highest BCUT2D eigenvalue weighted by atomic mass is 79.9. The molecule has 1 saturated carbocycles. The van der Waals surface area contributed by atoms with Crippen LogP contribution in [0.5, 0.6) is 0 Å². The number of halogens is 1. The second-order valence-corrected chi connectivity index (χ2v) is 8.12. The van der Waals surface area contributed by atoms with Gasteiger partial charge in [0.05, 0.1) is 5.69 Å². The van der Waals surface area contributed by atoms with Gasteiger partial charge in [0.25, 0.3) is 5.91 Å². The standard InChI is InChI=1S/C20H32BrN3O2/c1-2-20(8-4-3-5-9-20)24-14-16-12-15(13-17(21)18(16)22)19(26)23-10-6-7-11-25/h12-13,24-25H,2-11,14,22H2,1H3,(H,23,26). The van der Waals surface area contributed by atoms with Gasteiger partial charge in [-0.25, -0.2) is 0 Å². The molecule has 1 aliphatic rings. The molecular weight excluding hydrogens is 394 g/mol. The van der Waals surface area contributed by atoms with Gasteiger partial charge in [0.1, 0.15) is 0 Å². The van der Waals surface area contributed by atoms with Gasteiger partial charge in [0.2, 0.25) is 0 Å². The minimum atomic E-state index is -0.104. The maximum atomic E-state index is 12.4. The minimum Gasteiger partial charge on any atom is -0.398 e. The van der Waals surface area contributed by atoms with Crippen LogP contribution in [0.25, 0.3) is 0 Å². The summed E-state index contributed by atoms with van der Waals surface area (Å²) in [5, 5.41) is 15.5. The van der Waals surface area contributed by atoms with Crippen molar-refractivity contribution >= 4 is 27.5 Å². The van der Waals surface area contributed by atoms with Crippen LogP contribution >= 0.6 is 15.9 Å². The number of anilines is 1. The number of nitrogen functional groups attached to an aromatic ring is 1. The third kappa shape index (κ3) is 5.69. The molecule has 0 saturated heterocycles. The Hall–Kier alpha value is -1.11. The van der Waals surface area contributed by atoms with Crippen LogP contribution in [-0.2, 0) is 6.54 Å². The Morgan fingerprint density at radius 1 is 1.27 bits per heavy atom. The van der Waals surface area contributed by atoms with E-state index in [1.165, 1.54) is 32.1 Å². The van der Waals surface area contributed by atoms with Crippen molar-refractivity contribution in [2.45, 2.75) is 70.4 Å². The second-order valence-electron chi connectivity index (χ2n) is 7.27. The Morgan fingerprint density at radius 3 is 2.65 bits per heavy atom. The van der Waals surface area contributed by atoms with Crippen LogP contribution in [0.2, 0.25) is 0 Å². The van der Waals surface area contributed by atoms with E-state index < -0.39 is 0 Å². The van der Waals surface area contributed by atoms with Crippen molar-refractivity contribution in [3.8, 4) is 0 Å². The Balaban J connectivity index is 2.05. The van der Waals surface area contributed by atoms with Crippen molar-refractivity contribution in [2.24, 2.45) is 0 Å². The molecule has 1 aromatic rings. The van der Waals surface area contributed by atoms with Crippen molar-refractivity contribution in [2.75, 3.05) is 18.9 Å². The highest BCUT2D eigenvalue weighted by molar-refractivity contribution is 9.10. The first-order valence-corrected chi connectivity index (χ1v) is 10.5. The lowest BCUT2D eigenvalue weighted by atomic mass is 9.79. The number of aliphatic hydroxyl groups excluding tert-OH is 1. The number of aliphatic hydroxyl groups is 1. The molecule has 5 nitrogen and oxygen atoms in total. The first kappa shape index (κ1) is 21.2. The zero-order valence-electron chi connectivity index (χ0n) is 15.7. The summed E-state index contributed by atoms with van der Waals surface area (Å²) in [4.78, 5) is 12.4. The largest absolute Gasteiger partial charge is 0.398 e. The average Bonchev–Trinajstić information content (AvgIpc) is 2.66. The van der Waals surface area contributed by atoms with Crippen molar-refractivity contribution in [3.63, 3.8) is 0 Å². The average molecular weight is 426 g/mol. The van der Waals surface area contributed by atoms with E-state index >= 15 is 0 Å². The van der Waals surface area contributed by atoms with Crippen LogP contribution in [0, 0.1) is 0 Å². The predicted molar refractivity (Wildman–Crippen MR) is 110 cm³/mol. The van der Waals surface area contributed by atoms with Crippen molar-refractivity contribution in [1.82, 2.24) is 10.6 Å². The van der Waals surface area contributed by atoms with Gasteiger partial charge in [-0.2, -0.15) is 0 Å². The first-order valence-electron chi connectivity index (χ1n) is 9.73. The van der Waals surface area contributed by atoms with Gasteiger partial charge in [-0.05, 0) is 65.7 Å².